The predicted octanol–water partition coefficient (Wildman–Crippen LogP) is 2.43. The smallest absolute Gasteiger partial charge is 0.322 e. The summed E-state index contributed by atoms with van der Waals surface area (Å²) in [6, 6.07) is 5.04. The van der Waals surface area contributed by atoms with Crippen molar-refractivity contribution in [2.75, 3.05) is 13.2 Å². The Morgan fingerprint density at radius 1 is 1.17 bits per heavy atom. The van der Waals surface area contributed by atoms with E-state index in [0.717, 1.165) is 5.56 Å². The van der Waals surface area contributed by atoms with Gasteiger partial charge in [-0.1, -0.05) is 6.07 Å². The largest absolute Gasteiger partial charge is 0.490 e. The number of ether oxygens (including phenoxy) is 2. The molecular weight excluding hydrogens is 374 g/mol. The van der Waals surface area contributed by atoms with Crippen molar-refractivity contribution >= 4 is 17.8 Å². The van der Waals surface area contributed by atoms with E-state index >= 15 is 0 Å². The van der Waals surface area contributed by atoms with Crippen LogP contribution in [0.5, 0.6) is 11.5 Å². The Kier molecular flexibility index (Phi) is 6.30. The summed E-state index contributed by atoms with van der Waals surface area (Å²) >= 11 is 0. The molecule has 2 aliphatic rings. The summed E-state index contributed by atoms with van der Waals surface area (Å²) in [7, 11) is 0. The minimum Gasteiger partial charge on any atom is -0.490 e. The lowest BCUT2D eigenvalue weighted by molar-refractivity contribution is -0.130. The lowest BCUT2D eigenvalue weighted by Crippen LogP contribution is -2.51. The summed E-state index contributed by atoms with van der Waals surface area (Å²) in [6.45, 7) is 6.84. The van der Waals surface area contributed by atoms with E-state index < -0.39 is 11.6 Å². The first-order valence-electron chi connectivity index (χ1n) is 10.2. The van der Waals surface area contributed by atoms with Crippen molar-refractivity contribution in [2.45, 2.75) is 58.0 Å². The number of amides is 4. The number of benzene rings is 1. The molecule has 3 rings (SSSR count). The second kappa shape index (κ2) is 8.71. The Balaban J connectivity index is 1.60. The van der Waals surface area contributed by atoms with Crippen molar-refractivity contribution in [3.05, 3.63) is 23.8 Å². The Morgan fingerprint density at radius 2 is 1.83 bits per heavy atom. The van der Waals surface area contributed by atoms with Crippen LogP contribution < -0.4 is 25.4 Å². The monoisotopic (exact) mass is 403 g/mol. The fraction of sp³-hybridized carbons (Fsp3) is 0.571. The van der Waals surface area contributed by atoms with E-state index in [1.807, 2.05) is 39.0 Å². The van der Waals surface area contributed by atoms with E-state index in [0.29, 0.717) is 50.4 Å². The average molecular weight is 403 g/mol. The van der Waals surface area contributed by atoms with Crippen LogP contribution in [0.15, 0.2) is 18.2 Å². The van der Waals surface area contributed by atoms with Crippen LogP contribution >= 0.6 is 0 Å². The Labute approximate surface area is 170 Å². The normalized spacial score (nSPS) is 24.6. The maximum absolute atomic E-state index is 12.8. The maximum Gasteiger partial charge on any atom is 0.322 e. The number of nitrogens with one attached hydrogen (secondary N) is 3. The molecule has 8 nitrogen and oxygen atoms in total. The molecule has 0 aromatic heterocycles. The van der Waals surface area contributed by atoms with Crippen molar-refractivity contribution in [1.82, 2.24) is 16.0 Å². The zero-order valence-corrected chi connectivity index (χ0v) is 17.2. The number of carbonyl (C=O) groups excluding carboxylic acids is 3. The first-order valence-corrected chi connectivity index (χ1v) is 10.2. The van der Waals surface area contributed by atoms with Gasteiger partial charge in [0.25, 0.3) is 5.91 Å². The molecule has 3 N–H and O–H groups in total. The summed E-state index contributed by atoms with van der Waals surface area (Å²) in [5.74, 6) is 0.848. The van der Waals surface area contributed by atoms with E-state index in [9.17, 15) is 14.4 Å². The Morgan fingerprint density at radius 3 is 2.41 bits per heavy atom. The maximum atomic E-state index is 12.8. The molecular formula is C21H29N3O5. The molecule has 1 atom stereocenters. The number of rotatable bonds is 7. The van der Waals surface area contributed by atoms with Gasteiger partial charge in [0.05, 0.1) is 19.3 Å². The van der Waals surface area contributed by atoms with Gasteiger partial charge in [-0.25, -0.2) is 4.79 Å². The van der Waals surface area contributed by atoms with Gasteiger partial charge in [-0.05, 0) is 64.2 Å². The third kappa shape index (κ3) is 4.46. The molecule has 1 aliphatic heterocycles. The molecule has 1 aliphatic carbocycles. The fourth-order valence-electron chi connectivity index (χ4n) is 4.00. The molecule has 1 aromatic carbocycles. The van der Waals surface area contributed by atoms with Crippen LogP contribution in [0.1, 0.15) is 58.1 Å². The van der Waals surface area contributed by atoms with E-state index in [1.54, 1.807) is 0 Å². The summed E-state index contributed by atoms with van der Waals surface area (Å²) in [5.41, 5.74) is 0.0843. The molecule has 4 amide bonds. The van der Waals surface area contributed by atoms with Crippen LogP contribution in [0, 0.1) is 5.92 Å². The van der Waals surface area contributed by atoms with Gasteiger partial charge in [0.15, 0.2) is 11.5 Å². The van der Waals surface area contributed by atoms with E-state index in [1.165, 1.54) is 0 Å². The molecule has 1 aromatic rings. The van der Waals surface area contributed by atoms with Gasteiger partial charge in [0.1, 0.15) is 5.54 Å². The highest BCUT2D eigenvalue weighted by Crippen LogP contribution is 2.35. The quantitative estimate of drug-likeness (QED) is 0.607. The lowest BCUT2D eigenvalue weighted by atomic mass is 9.76. The topological polar surface area (TPSA) is 106 Å². The second-order valence-corrected chi connectivity index (χ2v) is 7.57. The van der Waals surface area contributed by atoms with Gasteiger partial charge in [-0.3, -0.25) is 14.9 Å². The minimum absolute atomic E-state index is 0.0380. The third-order valence-electron chi connectivity index (χ3n) is 5.65. The number of carbonyl (C=O) groups is 3. The van der Waals surface area contributed by atoms with Gasteiger partial charge in [-0.2, -0.15) is 0 Å². The van der Waals surface area contributed by atoms with Crippen molar-refractivity contribution in [2.24, 2.45) is 5.92 Å². The Bertz CT molecular complexity index is 787. The minimum atomic E-state index is -0.846. The molecule has 1 heterocycles. The highest BCUT2D eigenvalue weighted by atomic mass is 16.5. The molecule has 0 radical (unpaired) electrons. The van der Waals surface area contributed by atoms with Crippen molar-refractivity contribution in [3.63, 3.8) is 0 Å². The molecule has 158 valence electrons. The summed E-state index contributed by atoms with van der Waals surface area (Å²) < 4.78 is 11.3. The van der Waals surface area contributed by atoms with Crippen LogP contribution in [-0.4, -0.2) is 36.6 Å². The third-order valence-corrected chi connectivity index (χ3v) is 5.65. The van der Waals surface area contributed by atoms with Gasteiger partial charge in [0, 0.05) is 5.92 Å². The average Bonchev–Trinajstić information content (AvgIpc) is 2.96. The van der Waals surface area contributed by atoms with E-state index in [4.69, 9.17) is 9.47 Å². The van der Waals surface area contributed by atoms with Crippen molar-refractivity contribution < 1.29 is 23.9 Å². The van der Waals surface area contributed by atoms with Crippen molar-refractivity contribution in [1.29, 1.82) is 0 Å². The van der Waals surface area contributed by atoms with Crippen LogP contribution in [0.25, 0.3) is 0 Å². The lowest BCUT2D eigenvalue weighted by Gasteiger charge is -2.34. The Hall–Kier alpha value is -2.77. The summed E-state index contributed by atoms with van der Waals surface area (Å²) in [6.07, 6.45) is 2.04. The first-order chi connectivity index (χ1) is 13.9. The molecule has 0 bridgehead atoms. The highest BCUT2D eigenvalue weighted by Gasteiger charge is 2.48. The van der Waals surface area contributed by atoms with E-state index in [2.05, 4.69) is 16.0 Å². The van der Waals surface area contributed by atoms with Gasteiger partial charge >= 0.3 is 6.03 Å². The second-order valence-electron chi connectivity index (χ2n) is 7.57. The summed E-state index contributed by atoms with van der Waals surface area (Å²) in [5, 5.41) is 8.08. The number of imide groups is 1. The molecule has 1 saturated heterocycles. The number of hydrogen-bond acceptors (Lipinski definition) is 5. The van der Waals surface area contributed by atoms with E-state index in [-0.39, 0.29) is 23.8 Å². The predicted molar refractivity (Wildman–Crippen MR) is 107 cm³/mol. The van der Waals surface area contributed by atoms with Gasteiger partial charge in [0.2, 0.25) is 5.91 Å². The van der Waals surface area contributed by atoms with Crippen molar-refractivity contribution in [3.8, 4) is 11.5 Å². The van der Waals surface area contributed by atoms with Gasteiger partial charge < -0.3 is 20.1 Å². The molecule has 1 spiro atoms. The first kappa shape index (κ1) is 21.0. The van der Waals surface area contributed by atoms with Crippen LogP contribution in [0.3, 0.4) is 0 Å². The SMILES string of the molecule is CCOc1ccc(C(C)NC(=O)C2CCC3(CC2)NC(=O)NC3=O)cc1OCC. The molecule has 8 heteroatoms. The molecule has 1 unspecified atom stereocenters. The molecule has 2 fully saturated rings. The van der Waals surface area contributed by atoms with Crippen LogP contribution in [0.4, 0.5) is 4.79 Å². The van der Waals surface area contributed by atoms with Gasteiger partial charge in [-0.15, -0.1) is 0 Å². The zero-order chi connectivity index (χ0) is 21.0. The zero-order valence-electron chi connectivity index (χ0n) is 17.2. The number of hydrogen-bond donors (Lipinski definition) is 3. The van der Waals surface area contributed by atoms with Crippen LogP contribution in [0.2, 0.25) is 0 Å². The summed E-state index contributed by atoms with van der Waals surface area (Å²) in [4.78, 5) is 36.2. The van der Waals surface area contributed by atoms with Crippen LogP contribution in [-0.2, 0) is 9.59 Å². The molecule has 29 heavy (non-hydrogen) atoms. The number of urea groups is 1. The standard InChI is InChI=1S/C21H29N3O5/c1-4-28-16-7-6-15(12-17(16)29-5-2)13(3)22-18(25)14-8-10-21(11-9-14)19(26)23-20(27)24-21/h6-7,12-14H,4-5,8-11H2,1-3H3,(H,22,25)(H2,23,24,26,27). The highest BCUT2D eigenvalue weighted by molar-refractivity contribution is 6.07. The molecule has 1 saturated carbocycles. The fourth-order valence-corrected chi connectivity index (χ4v) is 4.00.